The SMILES string of the molecule is COc1cccc(OC)c1-c1ccc2c(c1)C(c1ccc(Cl)cc1Cl)=NCC(=O)N2C. The van der Waals surface area contributed by atoms with Crippen LogP contribution in [0.25, 0.3) is 11.1 Å². The van der Waals surface area contributed by atoms with Gasteiger partial charge in [-0.3, -0.25) is 9.79 Å². The highest BCUT2D eigenvalue weighted by Gasteiger charge is 2.25. The van der Waals surface area contributed by atoms with Crippen LogP contribution in [0, 0.1) is 0 Å². The Balaban J connectivity index is 1.98. The summed E-state index contributed by atoms with van der Waals surface area (Å²) in [6.45, 7) is 0.0206. The number of carbonyl (C=O) groups is 1. The number of likely N-dealkylation sites (N-methyl/N-ethyl adjacent to an activating group) is 1. The molecule has 0 N–H and O–H groups in total. The molecule has 1 aliphatic heterocycles. The van der Waals surface area contributed by atoms with Gasteiger partial charge in [0, 0.05) is 23.2 Å². The molecule has 31 heavy (non-hydrogen) atoms. The molecule has 0 radical (unpaired) electrons. The molecule has 7 heteroatoms. The molecule has 0 aliphatic carbocycles. The fourth-order valence-electron chi connectivity index (χ4n) is 3.69. The maximum atomic E-state index is 12.6. The first-order chi connectivity index (χ1) is 14.9. The number of amides is 1. The van der Waals surface area contributed by atoms with Crippen LogP contribution in [0.2, 0.25) is 10.0 Å². The Bertz CT molecular complexity index is 1190. The van der Waals surface area contributed by atoms with E-state index in [0.29, 0.717) is 32.8 Å². The van der Waals surface area contributed by atoms with Gasteiger partial charge in [-0.2, -0.15) is 0 Å². The van der Waals surface area contributed by atoms with Crippen LogP contribution in [0.4, 0.5) is 5.69 Å². The fraction of sp³-hybridized carbons (Fsp3) is 0.167. The number of fused-ring (bicyclic) bond motifs is 1. The van der Waals surface area contributed by atoms with Crippen molar-refractivity contribution in [3.8, 4) is 22.6 Å². The van der Waals surface area contributed by atoms with E-state index in [1.54, 1.807) is 38.3 Å². The zero-order chi connectivity index (χ0) is 22.1. The van der Waals surface area contributed by atoms with E-state index < -0.39 is 0 Å². The number of ether oxygens (including phenoxy) is 2. The van der Waals surface area contributed by atoms with Gasteiger partial charge in [0.05, 0.1) is 36.2 Å². The lowest BCUT2D eigenvalue weighted by Crippen LogP contribution is -2.27. The smallest absolute Gasteiger partial charge is 0.248 e. The van der Waals surface area contributed by atoms with Crippen LogP contribution in [0.1, 0.15) is 11.1 Å². The van der Waals surface area contributed by atoms with Gasteiger partial charge >= 0.3 is 0 Å². The summed E-state index contributed by atoms with van der Waals surface area (Å²) in [5, 5.41) is 0.998. The quantitative estimate of drug-likeness (QED) is 0.523. The molecular formula is C24H20Cl2N2O3. The van der Waals surface area contributed by atoms with Crippen molar-refractivity contribution in [2.75, 3.05) is 32.7 Å². The second-order valence-corrected chi connectivity index (χ2v) is 7.85. The standard InChI is InChI=1S/C24H20Cl2N2O3/c1-28-19-10-7-14(23-20(30-2)5-4-6-21(23)31-3)11-17(19)24(27-13-22(28)29)16-9-8-15(25)12-18(16)26/h4-12H,13H2,1-3H3. The number of methoxy groups -OCH3 is 2. The molecule has 0 atom stereocenters. The van der Waals surface area contributed by atoms with E-state index in [1.807, 2.05) is 42.5 Å². The third-order valence-corrected chi connectivity index (χ3v) is 5.81. The van der Waals surface area contributed by atoms with E-state index in [-0.39, 0.29) is 12.5 Å². The highest BCUT2D eigenvalue weighted by atomic mass is 35.5. The summed E-state index contributed by atoms with van der Waals surface area (Å²) in [6, 6.07) is 16.7. The van der Waals surface area contributed by atoms with Crippen LogP contribution in [0.5, 0.6) is 11.5 Å². The number of benzodiazepines with no additional fused rings is 1. The molecule has 5 nitrogen and oxygen atoms in total. The lowest BCUT2D eigenvalue weighted by atomic mass is 9.94. The van der Waals surface area contributed by atoms with Crippen molar-refractivity contribution in [3.05, 3.63) is 75.8 Å². The van der Waals surface area contributed by atoms with Crippen molar-refractivity contribution < 1.29 is 14.3 Å². The van der Waals surface area contributed by atoms with Crippen molar-refractivity contribution in [2.45, 2.75) is 0 Å². The first-order valence-corrected chi connectivity index (χ1v) is 10.3. The lowest BCUT2D eigenvalue weighted by molar-refractivity contribution is -0.116. The maximum absolute atomic E-state index is 12.6. The second-order valence-electron chi connectivity index (χ2n) is 7.01. The predicted molar refractivity (Wildman–Crippen MR) is 125 cm³/mol. The summed E-state index contributed by atoms with van der Waals surface area (Å²) in [6.07, 6.45) is 0. The largest absolute Gasteiger partial charge is 0.496 e. The van der Waals surface area contributed by atoms with E-state index in [9.17, 15) is 4.79 Å². The number of nitrogens with zero attached hydrogens (tertiary/aromatic N) is 2. The summed E-state index contributed by atoms with van der Waals surface area (Å²) in [7, 11) is 4.98. The second kappa shape index (κ2) is 8.61. The molecule has 0 unspecified atom stereocenters. The van der Waals surface area contributed by atoms with Gasteiger partial charge in [-0.25, -0.2) is 0 Å². The fourth-order valence-corrected chi connectivity index (χ4v) is 4.19. The predicted octanol–water partition coefficient (Wildman–Crippen LogP) is 5.49. The van der Waals surface area contributed by atoms with Gasteiger partial charge in [0.25, 0.3) is 0 Å². The number of hydrogen-bond donors (Lipinski definition) is 0. The Hall–Kier alpha value is -3.02. The summed E-state index contributed by atoms with van der Waals surface area (Å²) >= 11 is 12.6. The van der Waals surface area contributed by atoms with Crippen LogP contribution in [0.15, 0.2) is 59.6 Å². The Kier molecular flexibility index (Phi) is 5.90. The molecule has 0 saturated heterocycles. The number of aliphatic imine (C=N–C) groups is 1. The van der Waals surface area contributed by atoms with Crippen molar-refractivity contribution in [1.82, 2.24) is 0 Å². The summed E-state index contributed by atoms with van der Waals surface area (Å²) < 4.78 is 11.2. The monoisotopic (exact) mass is 454 g/mol. The lowest BCUT2D eigenvalue weighted by Gasteiger charge is -2.20. The van der Waals surface area contributed by atoms with E-state index in [2.05, 4.69) is 4.99 Å². The number of halogens is 2. The first-order valence-electron chi connectivity index (χ1n) is 9.56. The van der Waals surface area contributed by atoms with E-state index in [0.717, 1.165) is 22.4 Å². The zero-order valence-electron chi connectivity index (χ0n) is 17.3. The summed E-state index contributed by atoms with van der Waals surface area (Å²) in [5.74, 6) is 1.25. The Morgan fingerprint density at radius 1 is 0.935 bits per heavy atom. The van der Waals surface area contributed by atoms with Gasteiger partial charge in [-0.15, -0.1) is 0 Å². The number of carbonyl (C=O) groups excluding carboxylic acids is 1. The molecular weight excluding hydrogens is 435 g/mol. The summed E-state index contributed by atoms with van der Waals surface area (Å²) in [5.41, 5.74) is 4.54. The third-order valence-electron chi connectivity index (χ3n) is 5.26. The minimum Gasteiger partial charge on any atom is -0.496 e. The average molecular weight is 455 g/mol. The van der Waals surface area contributed by atoms with Crippen molar-refractivity contribution in [1.29, 1.82) is 0 Å². The molecule has 0 fully saturated rings. The van der Waals surface area contributed by atoms with E-state index >= 15 is 0 Å². The molecule has 0 spiro atoms. The molecule has 1 heterocycles. The molecule has 158 valence electrons. The number of anilines is 1. The zero-order valence-corrected chi connectivity index (χ0v) is 18.8. The third kappa shape index (κ3) is 3.87. The maximum Gasteiger partial charge on any atom is 0.248 e. The average Bonchev–Trinajstić information content (AvgIpc) is 2.90. The molecule has 0 saturated carbocycles. The van der Waals surface area contributed by atoms with Crippen molar-refractivity contribution in [2.24, 2.45) is 4.99 Å². The molecule has 3 aromatic rings. The molecule has 1 amide bonds. The minimum atomic E-state index is -0.107. The molecule has 0 aromatic heterocycles. The van der Waals surface area contributed by atoms with E-state index in [1.165, 1.54) is 0 Å². The number of hydrogen-bond acceptors (Lipinski definition) is 4. The van der Waals surface area contributed by atoms with Gasteiger partial charge in [0.2, 0.25) is 5.91 Å². The molecule has 3 aromatic carbocycles. The van der Waals surface area contributed by atoms with Crippen LogP contribution in [-0.4, -0.2) is 39.4 Å². The van der Waals surface area contributed by atoms with Crippen molar-refractivity contribution >= 4 is 40.5 Å². The number of benzene rings is 3. The van der Waals surface area contributed by atoms with Gasteiger partial charge in [-0.05, 0) is 48.0 Å². The molecule has 4 rings (SSSR count). The van der Waals surface area contributed by atoms with Crippen LogP contribution in [0.3, 0.4) is 0 Å². The Labute approximate surface area is 190 Å². The summed E-state index contributed by atoms with van der Waals surface area (Å²) in [4.78, 5) is 18.8. The van der Waals surface area contributed by atoms with Gasteiger partial charge in [-0.1, -0.05) is 35.3 Å². The van der Waals surface area contributed by atoms with Crippen molar-refractivity contribution in [3.63, 3.8) is 0 Å². The first kappa shape index (κ1) is 21.2. The Morgan fingerprint density at radius 2 is 1.65 bits per heavy atom. The number of rotatable bonds is 4. The van der Waals surface area contributed by atoms with Crippen LogP contribution in [-0.2, 0) is 4.79 Å². The van der Waals surface area contributed by atoms with Gasteiger partial charge in [0.15, 0.2) is 0 Å². The van der Waals surface area contributed by atoms with Gasteiger partial charge < -0.3 is 14.4 Å². The normalized spacial score (nSPS) is 13.4. The molecule has 0 bridgehead atoms. The highest BCUT2D eigenvalue weighted by Crippen LogP contribution is 2.41. The van der Waals surface area contributed by atoms with Gasteiger partial charge in [0.1, 0.15) is 18.0 Å². The Morgan fingerprint density at radius 3 is 2.29 bits per heavy atom. The minimum absolute atomic E-state index is 0.0206. The molecule has 1 aliphatic rings. The highest BCUT2D eigenvalue weighted by molar-refractivity contribution is 6.38. The van der Waals surface area contributed by atoms with Crippen LogP contribution >= 0.6 is 23.2 Å². The topological polar surface area (TPSA) is 51.1 Å². The van der Waals surface area contributed by atoms with Crippen LogP contribution < -0.4 is 14.4 Å². The van der Waals surface area contributed by atoms with E-state index in [4.69, 9.17) is 32.7 Å².